The van der Waals surface area contributed by atoms with E-state index < -0.39 is 15.6 Å². The van der Waals surface area contributed by atoms with E-state index in [0.29, 0.717) is 0 Å². The van der Waals surface area contributed by atoms with Crippen molar-refractivity contribution in [1.82, 2.24) is 4.90 Å². The van der Waals surface area contributed by atoms with Crippen LogP contribution in [0, 0.1) is 5.92 Å². The molecule has 1 N–H and O–H groups in total. The molecule has 1 fully saturated rings. The van der Waals surface area contributed by atoms with Crippen molar-refractivity contribution in [3.8, 4) is 0 Å². The lowest BCUT2D eigenvalue weighted by Crippen LogP contribution is -2.34. The van der Waals surface area contributed by atoms with Crippen molar-refractivity contribution in [2.75, 3.05) is 19.6 Å². The average Bonchev–Trinajstić information content (AvgIpc) is 2.45. The molecule has 1 aliphatic heterocycles. The lowest BCUT2D eigenvalue weighted by Gasteiger charge is -2.31. The summed E-state index contributed by atoms with van der Waals surface area (Å²) in [5, 5.41) is 0. The predicted octanol–water partition coefficient (Wildman–Crippen LogP) is 4.47. The smallest absolute Gasteiger partial charge is 0.303 e. The number of hydrogen-bond acceptors (Lipinski definition) is 3. The maximum atomic E-state index is 10.7. The maximum Gasteiger partial charge on any atom is 0.522 e. The van der Waals surface area contributed by atoms with Crippen molar-refractivity contribution in [3.63, 3.8) is 0 Å². The summed E-state index contributed by atoms with van der Waals surface area (Å²) in [7, 11) is -5.84. The summed E-state index contributed by atoms with van der Waals surface area (Å²) in [5.74, 6) is 1.05. The van der Waals surface area contributed by atoms with Crippen LogP contribution in [0.5, 0.6) is 0 Å². The van der Waals surface area contributed by atoms with E-state index >= 15 is 0 Å². The van der Waals surface area contributed by atoms with E-state index in [4.69, 9.17) is 13.0 Å². The molecule has 1 heterocycles. The number of likely N-dealkylation sites (tertiary alicyclic amines) is 1. The lowest BCUT2D eigenvalue weighted by molar-refractivity contribution is -0.0510. The number of nitrogens with zero attached hydrogens (tertiary/aromatic N) is 1. The minimum atomic E-state index is -5.84. The minimum absolute atomic E-state index is 1.05. The van der Waals surface area contributed by atoms with Crippen LogP contribution in [0.25, 0.3) is 0 Å². The van der Waals surface area contributed by atoms with Gasteiger partial charge < -0.3 is 4.90 Å². The fraction of sp³-hybridized carbons (Fsp3) is 1.00. The Morgan fingerprint density at radius 2 is 1.52 bits per heavy atom. The van der Waals surface area contributed by atoms with Gasteiger partial charge >= 0.3 is 15.6 Å². The van der Waals surface area contributed by atoms with Crippen LogP contribution >= 0.6 is 0 Å². The third-order valence-electron chi connectivity index (χ3n) is 4.04. The van der Waals surface area contributed by atoms with Crippen molar-refractivity contribution in [2.24, 2.45) is 5.92 Å². The lowest BCUT2D eigenvalue weighted by atomic mass is 9.91. The predicted molar refractivity (Wildman–Crippen MR) is 85.8 cm³/mol. The Balaban J connectivity index is 0.000000515. The van der Waals surface area contributed by atoms with Crippen LogP contribution in [-0.2, 0) is 10.1 Å². The van der Waals surface area contributed by atoms with Crippen molar-refractivity contribution >= 4 is 10.1 Å². The second-order valence-electron chi connectivity index (χ2n) is 6.06. The Morgan fingerprint density at radius 1 is 1.04 bits per heavy atom. The molecule has 0 radical (unpaired) electrons. The molecule has 0 amide bonds. The highest BCUT2D eigenvalue weighted by atomic mass is 32.2. The van der Waals surface area contributed by atoms with Gasteiger partial charge in [0.25, 0.3) is 0 Å². The monoisotopic (exact) mass is 361 g/mol. The van der Waals surface area contributed by atoms with E-state index in [9.17, 15) is 13.2 Å². The quantitative estimate of drug-likeness (QED) is 0.413. The SMILES string of the molecule is CCCCCN1CCC(CCCC)CC1.O=S(=O)(O)C(F)(F)F. The molecule has 23 heavy (non-hydrogen) atoms. The van der Waals surface area contributed by atoms with Gasteiger partial charge in [-0.25, -0.2) is 0 Å². The Bertz CT molecular complexity index is 391. The van der Waals surface area contributed by atoms with E-state index in [1.807, 2.05) is 0 Å². The molecular formula is C15H30F3NO3S. The highest BCUT2D eigenvalue weighted by Gasteiger charge is 2.44. The largest absolute Gasteiger partial charge is 0.522 e. The molecule has 8 heteroatoms. The molecule has 0 unspecified atom stereocenters. The summed E-state index contributed by atoms with van der Waals surface area (Å²) < 4.78 is 57.5. The summed E-state index contributed by atoms with van der Waals surface area (Å²) >= 11 is 0. The molecule has 4 nitrogen and oxygen atoms in total. The molecule has 0 aromatic heterocycles. The zero-order valence-electron chi connectivity index (χ0n) is 14.1. The van der Waals surface area contributed by atoms with Gasteiger partial charge in [-0.05, 0) is 44.8 Å². The fourth-order valence-corrected chi connectivity index (χ4v) is 2.58. The van der Waals surface area contributed by atoms with E-state index in [2.05, 4.69) is 18.7 Å². The van der Waals surface area contributed by atoms with Gasteiger partial charge in [0.2, 0.25) is 0 Å². The molecule has 0 aromatic rings. The first-order valence-electron chi connectivity index (χ1n) is 8.37. The van der Waals surface area contributed by atoms with Crippen molar-refractivity contribution in [1.29, 1.82) is 0 Å². The van der Waals surface area contributed by atoms with Crippen LogP contribution in [0.3, 0.4) is 0 Å². The molecule has 0 saturated carbocycles. The van der Waals surface area contributed by atoms with Gasteiger partial charge in [-0.3, -0.25) is 4.55 Å². The van der Waals surface area contributed by atoms with Crippen LogP contribution < -0.4 is 0 Å². The van der Waals surface area contributed by atoms with Crippen molar-refractivity contribution < 1.29 is 26.1 Å². The number of piperidine rings is 1. The molecule has 0 aliphatic carbocycles. The van der Waals surface area contributed by atoms with Crippen molar-refractivity contribution in [3.05, 3.63) is 0 Å². The third kappa shape index (κ3) is 10.9. The summed E-state index contributed by atoms with van der Waals surface area (Å²) in [4.78, 5) is 2.68. The van der Waals surface area contributed by atoms with Gasteiger partial charge in [-0.15, -0.1) is 0 Å². The van der Waals surface area contributed by atoms with E-state index in [-0.39, 0.29) is 0 Å². The van der Waals surface area contributed by atoms with Crippen LogP contribution in [0.1, 0.15) is 65.2 Å². The Morgan fingerprint density at radius 3 is 1.91 bits per heavy atom. The Labute approximate surface area is 138 Å². The summed E-state index contributed by atoms with van der Waals surface area (Å²) in [6, 6.07) is 0. The van der Waals surface area contributed by atoms with E-state index in [1.165, 1.54) is 71.0 Å². The number of unbranched alkanes of at least 4 members (excludes halogenated alkanes) is 3. The standard InChI is InChI=1S/C14H29N.CHF3O3S/c1-3-5-7-11-15-12-9-14(10-13-15)8-6-4-2;2-1(3,4)8(5,6)7/h14H,3-13H2,1-2H3;(H,5,6,7). The van der Waals surface area contributed by atoms with E-state index in [1.54, 1.807) is 0 Å². The molecule has 0 bridgehead atoms. The first-order valence-corrected chi connectivity index (χ1v) is 9.81. The maximum absolute atomic E-state index is 10.7. The molecular weight excluding hydrogens is 331 g/mol. The normalized spacial score (nSPS) is 17.7. The number of halogens is 3. The van der Waals surface area contributed by atoms with Crippen LogP contribution in [0.15, 0.2) is 0 Å². The minimum Gasteiger partial charge on any atom is -0.303 e. The van der Waals surface area contributed by atoms with Crippen LogP contribution in [0.4, 0.5) is 13.2 Å². The molecule has 0 atom stereocenters. The van der Waals surface area contributed by atoms with Crippen LogP contribution in [0.2, 0.25) is 0 Å². The number of alkyl halides is 3. The highest BCUT2D eigenvalue weighted by molar-refractivity contribution is 7.86. The highest BCUT2D eigenvalue weighted by Crippen LogP contribution is 2.22. The molecule has 0 spiro atoms. The second-order valence-corrected chi connectivity index (χ2v) is 7.47. The zero-order chi connectivity index (χ0) is 17.9. The van der Waals surface area contributed by atoms with Crippen molar-refractivity contribution in [2.45, 2.75) is 70.7 Å². The summed E-state index contributed by atoms with van der Waals surface area (Å²) in [6.45, 7) is 8.70. The van der Waals surface area contributed by atoms with Crippen LogP contribution in [-0.4, -0.2) is 43.0 Å². The van der Waals surface area contributed by atoms with E-state index in [0.717, 1.165) is 5.92 Å². The first kappa shape index (κ1) is 22.7. The molecule has 1 aliphatic rings. The topological polar surface area (TPSA) is 57.6 Å². The molecule has 1 saturated heterocycles. The molecule has 0 aromatic carbocycles. The average molecular weight is 361 g/mol. The first-order chi connectivity index (χ1) is 10.6. The second kappa shape index (κ2) is 11.3. The fourth-order valence-electron chi connectivity index (χ4n) is 2.58. The molecule has 1 rings (SSSR count). The van der Waals surface area contributed by atoms with Gasteiger partial charge in [-0.1, -0.05) is 46.0 Å². The van der Waals surface area contributed by atoms with Gasteiger partial charge in [0, 0.05) is 0 Å². The summed E-state index contributed by atoms with van der Waals surface area (Å²) in [6.07, 6.45) is 11.4. The Hall–Kier alpha value is -0.340. The number of hydrogen-bond donors (Lipinski definition) is 1. The Kier molecular flexibility index (Phi) is 11.1. The molecule has 140 valence electrons. The van der Waals surface area contributed by atoms with Gasteiger partial charge in [0.15, 0.2) is 0 Å². The zero-order valence-corrected chi connectivity index (χ0v) is 14.9. The third-order valence-corrected chi connectivity index (χ3v) is 4.63. The van der Waals surface area contributed by atoms with Gasteiger partial charge in [-0.2, -0.15) is 21.6 Å². The van der Waals surface area contributed by atoms with Gasteiger partial charge in [0.1, 0.15) is 0 Å². The number of rotatable bonds is 7. The van der Waals surface area contributed by atoms with Gasteiger partial charge in [0.05, 0.1) is 0 Å². The summed E-state index contributed by atoms with van der Waals surface area (Å²) in [5.41, 5.74) is -5.53.